The van der Waals surface area contributed by atoms with Crippen LogP contribution in [0.5, 0.6) is 0 Å². The number of carboxylic acid groups (broad SMARTS) is 1. The van der Waals surface area contributed by atoms with Gasteiger partial charge in [0.1, 0.15) is 6.61 Å². The Balaban J connectivity index is 4.04. The van der Waals surface area contributed by atoms with E-state index in [4.69, 9.17) is 14.2 Å². The minimum Gasteiger partial charge on any atom is -0.477 e. The molecule has 0 aromatic carbocycles. The molecule has 0 aromatic heterocycles. The topological polar surface area (TPSA) is 99.1 Å². The standard InChI is InChI=1S/C46H87NO7/c1-6-8-10-12-14-15-16-17-18-19-20-21-22-23-24-25-26-27-28-29-31-32-34-36-44(48)53-41-42(40-52-39-38-43(46(50)51)47(3,4)5)54-45(49)37-35-33-30-13-11-9-7-2/h30,33,42-43H,6-29,31-32,34-41H2,1-5H3/p+1/b33-30+. The van der Waals surface area contributed by atoms with Crippen molar-refractivity contribution in [1.29, 1.82) is 0 Å². The molecule has 0 amide bonds. The Kier molecular flexibility index (Phi) is 36.6. The van der Waals surface area contributed by atoms with Crippen LogP contribution in [0.3, 0.4) is 0 Å². The molecule has 0 rings (SSSR count). The van der Waals surface area contributed by atoms with Gasteiger partial charge in [-0.2, -0.15) is 0 Å². The first-order valence-corrected chi connectivity index (χ1v) is 22.7. The van der Waals surface area contributed by atoms with Crippen molar-refractivity contribution in [3.05, 3.63) is 12.2 Å². The van der Waals surface area contributed by atoms with Crippen molar-refractivity contribution >= 4 is 17.9 Å². The summed E-state index contributed by atoms with van der Waals surface area (Å²) >= 11 is 0. The second-order valence-corrected chi connectivity index (χ2v) is 16.7. The maximum absolute atomic E-state index is 12.5. The number of carboxylic acids is 1. The molecule has 8 nitrogen and oxygen atoms in total. The molecule has 0 spiro atoms. The third-order valence-corrected chi connectivity index (χ3v) is 10.4. The van der Waals surface area contributed by atoms with Crippen molar-refractivity contribution in [2.75, 3.05) is 41.0 Å². The maximum atomic E-state index is 12.5. The lowest BCUT2D eigenvalue weighted by molar-refractivity contribution is -0.887. The quantitative estimate of drug-likeness (QED) is 0.0286. The molecule has 0 fully saturated rings. The smallest absolute Gasteiger partial charge is 0.362 e. The number of rotatable bonds is 41. The highest BCUT2D eigenvalue weighted by Crippen LogP contribution is 2.16. The fraction of sp³-hybridized carbons (Fsp3) is 0.891. The highest BCUT2D eigenvalue weighted by molar-refractivity contribution is 5.72. The van der Waals surface area contributed by atoms with E-state index in [9.17, 15) is 19.5 Å². The lowest BCUT2D eigenvalue weighted by Crippen LogP contribution is -2.50. The van der Waals surface area contributed by atoms with E-state index in [-0.39, 0.29) is 42.7 Å². The molecule has 0 saturated heterocycles. The first-order chi connectivity index (χ1) is 26.1. The minimum atomic E-state index is -0.878. The molecule has 0 saturated carbocycles. The summed E-state index contributed by atoms with van der Waals surface area (Å²) in [6.45, 7) is 4.65. The van der Waals surface area contributed by atoms with Gasteiger partial charge in [0, 0.05) is 19.3 Å². The van der Waals surface area contributed by atoms with Crippen molar-refractivity contribution in [2.45, 2.75) is 225 Å². The number of hydrogen-bond acceptors (Lipinski definition) is 6. The molecule has 54 heavy (non-hydrogen) atoms. The summed E-state index contributed by atoms with van der Waals surface area (Å²) in [6.07, 6.45) is 40.2. The van der Waals surface area contributed by atoms with Gasteiger partial charge in [-0.1, -0.05) is 180 Å². The Morgan fingerprint density at radius 3 is 1.41 bits per heavy atom. The first kappa shape index (κ1) is 52.1. The molecule has 0 aromatic rings. The molecule has 1 N–H and O–H groups in total. The molecule has 0 aliphatic rings. The second kappa shape index (κ2) is 38.0. The number of hydrogen-bond donors (Lipinski definition) is 1. The molecule has 2 unspecified atom stereocenters. The van der Waals surface area contributed by atoms with Crippen LogP contribution in [0.15, 0.2) is 12.2 Å². The largest absolute Gasteiger partial charge is 0.477 e. The van der Waals surface area contributed by atoms with E-state index in [0.29, 0.717) is 19.3 Å². The number of ether oxygens (including phenoxy) is 3. The number of carbonyl (C=O) groups excluding carboxylic acids is 2. The van der Waals surface area contributed by atoms with Crippen LogP contribution >= 0.6 is 0 Å². The molecule has 8 heteroatoms. The van der Waals surface area contributed by atoms with Crippen LogP contribution in [0.1, 0.15) is 213 Å². The van der Waals surface area contributed by atoms with Gasteiger partial charge < -0.3 is 23.8 Å². The second-order valence-electron chi connectivity index (χ2n) is 16.7. The fourth-order valence-corrected chi connectivity index (χ4v) is 6.87. The van der Waals surface area contributed by atoms with Crippen molar-refractivity contribution in [3.8, 4) is 0 Å². The van der Waals surface area contributed by atoms with Crippen LogP contribution in [0.25, 0.3) is 0 Å². The zero-order valence-electron chi connectivity index (χ0n) is 36.2. The number of unbranched alkanes of at least 4 members (excludes halogenated alkanes) is 25. The molecular weight excluding hydrogens is 679 g/mol. The SMILES string of the molecule is CCCCC/C=C/CCC(=O)OC(COCCC(C(=O)O)[N+](C)(C)C)COC(=O)CCCCCCCCCCCCCCCCCCCCCCCCC. The van der Waals surface area contributed by atoms with Gasteiger partial charge in [0.05, 0.1) is 34.4 Å². The van der Waals surface area contributed by atoms with Crippen molar-refractivity contribution in [3.63, 3.8) is 0 Å². The normalized spacial score (nSPS) is 13.0. The Morgan fingerprint density at radius 2 is 0.963 bits per heavy atom. The Hall–Kier alpha value is -1.93. The summed E-state index contributed by atoms with van der Waals surface area (Å²) in [5.74, 6) is -1.52. The molecular formula is C46H88NO7+. The average Bonchev–Trinajstić information content (AvgIpc) is 3.12. The van der Waals surface area contributed by atoms with Gasteiger partial charge >= 0.3 is 17.9 Å². The van der Waals surface area contributed by atoms with E-state index in [1.807, 2.05) is 27.2 Å². The van der Waals surface area contributed by atoms with Gasteiger partial charge in [-0.15, -0.1) is 0 Å². The van der Waals surface area contributed by atoms with E-state index in [2.05, 4.69) is 19.9 Å². The Labute approximate surface area is 333 Å². The minimum absolute atomic E-state index is 0.0504. The summed E-state index contributed by atoms with van der Waals surface area (Å²) in [7, 11) is 5.51. The fourth-order valence-electron chi connectivity index (χ4n) is 6.87. The predicted molar refractivity (Wildman–Crippen MR) is 225 cm³/mol. The summed E-state index contributed by atoms with van der Waals surface area (Å²) in [4.78, 5) is 36.7. The molecule has 0 aliphatic heterocycles. The summed E-state index contributed by atoms with van der Waals surface area (Å²) in [5, 5.41) is 9.58. The third-order valence-electron chi connectivity index (χ3n) is 10.4. The summed E-state index contributed by atoms with van der Waals surface area (Å²) in [5.41, 5.74) is 0. The van der Waals surface area contributed by atoms with Crippen LogP contribution in [-0.2, 0) is 28.6 Å². The monoisotopic (exact) mass is 767 g/mol. The Morgan fingerprint density at radius 1 is 0.537 bits per heavy atom. The summed E-state index contributed by atoms with van der Waals surface area (Å²) < 4.78 is 17.1. The van der Waals surface area contributed by atoms with Gasteiger partial charge in [0.25, 0.3) is 0 Å². The van der Waals surface area contributed by atoms with Gasteiger partial charge in [-0.3, -0.25) is 9.59 Å². The number of esters is 2. The van der Waals surface area contributed by atoms with Gasteiger partial charge in [-0.05, 0) is 25.7 Å². The van der Waals surface area contributed by atoms with E-state index < -0.39 is 18.1 Å². The third kappa shape index (κ3) is 35.8. The predicted octanol–water partition coefficient (Wildman–Crippen LogP) is 12.3. The molecule has 0 heterocycles. The van der Waals surface area contributed by atoms with Gasteiger partial charge in [0.2, 0.25) is 0 Å². The van der Waals surface area contributed by atoms with E-state index in [0.717, 1.165) is 32.1 Å². The highest BCUT2D eigenvalue weighted by atomic mass is 16.6. The van der Waals surface area contributed by atoms with Gasteiger partial charge in [-0.25, -0.2) is 4.79 Å². The highest BCUT2D eigenvalue weighted by Gasteiger charge is 2.31. The average molecular weight is 767 g/mol. The number of nitrogens with zero attached hydrogens (tertiary/aromatic N) is 1. The Bertz CT molecular complexity index is 900. The first-order valence-electron chi connectivity index (χ1n) is 22.7. The van der Waals surface area contributed by atoms with Crippen LogP contribution < -0.4 is 0 Å². The zero-order valence-corrected chi connectivity index (χ0v) is 36.2. The number of allylic oxidation sites excluding steroid dienone is 2. The lowest BCUT2D eigenvalue weighted by atomic mass is 10.0. The maximum Gasteiger partial charge on any atom is 0.362 e. The van der Waals surface area contributed by atoms with Crippen LogP contribution in [-0.4, -0.2) is 80.6 Å². The molecule has 318 valence electrons. The molecule has 0 aliphatic carbocycles. The lowest BCUT2D eigenvalue weighted by Gasteiger charge is -2.31. The van der Waals surface area contributed by atoms with E-state index in [1.54, 1.807) is 0 Å². The molecule has 2 atom stereocenters. The van der Waals surface area contributed by atoms with Crippen LogP contribution in [0.4, 0.5) is 0 Å². The van der Waals surface area contributed by atoms with Crippen LogP contribution in [0, 0.1) is 0 Å². The number of quaternary nitrogens is 1. The van der Waals surface area contributed by atoms with Crippen molar-refractivity contribution < 1.29 is 38.2 Å². The van der Waals surface area contributed by atoms with E-state index in [1.165, 1.54) is 141 Å². The molecule has 0 radical (unpaired) electrons. The number of aliphatic carboxylic acids is 1. The number of likely N-dealkylation sites (N-methyl/N-ethyl adjacent to an activating group) is 1. The zero-order chi connectivity index (χ0) is 40.0. The molecule has 0 bridgehead atoms. The van der Waals surface area contributed by atoms with Crippen molar-refractivity contribution in [1.82, 2.24) is 0 Å². The summed E-state index contributed by atoms with van der Waals surface area (Å²) in [6, 6.07) is -0.614. The van der Waals surface area contributed by atoms with Gasteiger partial charge in [0.15, 0.2) is 12.1 Å². The van der Waals surface area contributed by atoms with Crippen LogP contribution in [0.2, 0.25) is 0 Å². The van der Waals surface area contributed by atoms with E-state index >= 15 is 0 Å². The van der Waals surface area contributed by atoms with Crippen molar-refractivity contribution in [2.24, 2.45) is 0 Å². The number of carbonyl (C=O) groups is 3.